The number of benzene rings is 1. The van der Waals surface area contributed by atoms with Crippen molar-refractivity contribution < 1.29 is 18.3 Å². The Hall–Kier alpha value is -0.760. The molecule has 0 saturated carbocycles. The number of rotatable bonds is 7. The fraction of sp³-hybridized carbons (Fsp3) is 0.364. The normalized spacial score (nSPS) is 13.2. The van der Waals surface area contributed by atoms with Crippen LogP contribution in [0.1, 0.15) is 0 Å². The van der Waals surface area contributed by atoms with Gasteiger partial charge in [-0.1, -0.05) is 11.6 Å². The van der Waals surface area contributed by atoms with Crippen LogP contribution in [0.25, 0.3) is 0 Å². The van der Waals surface area contributed by atoms with Crippen LogP contribution in [0.2, 0.25) is 5.02 Å². The van der Waals surface area contributed by atoms with Crippen molar-refractivity contribution in [1.82, 2.24) is 0 Å². The van der Waals surface area contributed by atoms with Gasteiger partial charge in [-0.15, -0.1) is 0 Å². The van der Waals surface area contributed by atoms with Gasteiger partial charge in [0.2, 0.25) is 0 Å². The molecule has 8 heteroatoms. The Morgan fingerprint density at radius 1 is 1.37 bits per heavy atom. The van der Waals surface area contributed by atoms with E-state index in [0.717, 1.165) is 0 Å². The lowest BCUT2D eigenvalue weighted by Gasteiger charge is -2.07. The minimum absolute atomic E-state index is 0.0639. The third-order valence-electron chi connectivity index (χ3n) is 2.28. The number of carboxylic acids is 1. The second kappa shape index (κ2) is 7.14. The van der Waals surface area contributed by atoms with Crippen LogP contribution in [-0.2, 0) is 14.6 Å². The van der Waals surface area contributed by atoms with Crippen molar-refractivity contribution in [3.8, 4) is 0 Å². The average Bonchev–Trinajstić information content (AvgIpc) is 2.34. The maximum absolute atomic E-state index is 11.9. The number of carbonyl (C=O) groups is 1. The number of hydrogen-bond donors (Lipinski definition) is 2. The van der Waals surface area contributed by atoms with E-state index >= 15 is 0 Å². The van der Waals surface area contributed by atoms with E-state index in [2.05, 4.69) is 0 Å². The van der Waals surface area contributed by atoms with Crippen LogP contribution in [-0.4, -0.2) is 42.8 Å². The molecule has 19 heavy (non-hydrogen) atoms. The van der Waals surface area contributed by atoms with Crippen molar-refractivity contribution in [2.45, 2.75) is 10.9 Å². The third-order valence-corrected chi connectivity index (χ3v) is 5.61. The van der Waals surface area contributed by atoms with Gasteiger partial charge in [-0.2, -0.15) is 11.8 Å². The Balaban J connectivity index is 2.48. The number of nitrogens with two attached hydrogens (primary N) is 1. The predicted molar refractivity (Wildman–Crippen MR) is 76.4 cm³/mol. The minimum atomic E-state index is -3.36. The van der Waals surface area contributed by atoms with Crippen molar-refractivity contribution in [3.05, 3.63) is 29.3 Å². The Morgan fingerprint density at radius 2 is 1.95 bits per heavy atom. The van der Waals surface area contributed by atoms with Gasteiger partial charge in [0.25, 0.3) is 0 Å². The summed E-state index contributed by atoms with van der Waals surface area (Å²) in [5, 5.41) is 9.05. The summed E-state index contributed by atoms with van der Waals surface area (Å²) < 4.78 is 23.8. The fourth-order valence-electron chi connectivity index (χ4n) is 1.21. The van der Waals surface area contributed by atoms with Crippen LogP contribution in [0.5, 0.6) is 0 Å². The van der Waals surface area contributed by atoms with E-state index in [9.17, 15) is 13.2 Å². The molecular weight excluding hydrogens is 310 g/mol. The van der Waals surface area contributed by atoms with Crippen LogP contribution in [0.4, 0.5) is 0 Å². The first-order valence-corrected chi connectivity index (χ1v) is 8.56. The van der Waals surface area contributed by atoms with E-state index in [0.29, 0.717) is 10.8 Å². The molecule has 0 aromatic heterocycles. The number of thioether (sulfide) groups is 1. The highest BCUT2D eigenvalue weighted by atomic mass is 35.5. The van der Waals surface area contributed by atoms with Crippen LogP contribution < -0.4 is 5.73 Å². The summed E-state index contributed by atoms with van der Waals surface area (Å²) >= 11 is 6.89. The lowest BCUT2D eigenvalue weighted by molar-refractivity contribution is -0.137. The molecule has 0 bridgehead atoms. The van der Waals surface area contributed by atoms with Crippen molar-refractivity contribution in [3.63, 3.8) is 0 Å². The van der Waals surface area contributed by atoms with Gasteiger partial charge in [-0.05, 0) is 24.3 Å². The number of sulfone groups is 1. The average molecular weight is 324 g/mol. The van der Waals surface area contributed by atoms with Crippen molar-refractivity contribution >= 4 is 39.2 Å². The molecule has 1 aromatic carbocycles. The molecule has 0 radical (unpaired) electrons. The molecule has 0 spiro atoms. The zero-order valence-corrected chi connectivity index (χ0v) is 12.3. The number of halogens is 1. The van der Waals surface area contributed by atoms with Crippen LogP contribution in [0, 0.1) is 0 Å². The van der Waals surface area contributed by atoms with Gasteiger partial charge in [0.05, 0.1) is 10.6 Å². The Kier molecular flexibility index (Phi) is 6.12. The van der Waals surface area contributed by atoms with Crippen molar-refractivity contribution in [2.24, 2.45) is 5.73 Å². The van der Waals surface area contributed by atoms with E-state index < -0.39 is 21.8 Å². The standard InChI is InChI=1S/C11H14ClNO4S2/c12-8-1-3-9(4-2-8)19(16,17)6-5-18-7-10(13)11(14)15/h1-4,10H,5-7,13H2,(H,14,15)/t10-/m0/s1. The van der Waals surface area contributed by atoms with Gasteiger partial charge in [0.15, 0.2) is 9.84 Å². The van der Waals surface area contributed by atoms with Gasteiger partial charge >= 0.3 is 5.97 Å². The van der Waals surface area contributed by atoms with Gasteiger partial charge in [-0.3, -0.25) is 4.79 Å². The highest BCUT2D eigenvalue weighted by Crippen LogP contribution is 2.16. The Labute approximate surface area is 121 Å². The largest absolute Gasteiger partial charge is 0.480 e. The molecule has 0 fully saturated rings. The topological polar surface area (TPSA) is 97.5 Å². The summed E-state index contributed by atoms with van der Waals surface area (Å²) in [5.74, 6) is -0.670. The molecule has 1 aromatic rings. The van der Waals surface area contributed by atoms with Gasteiger partial charge in [0.1, 0.15) is 6.04 Å². The molecule has 0 amide bonds. The molecule has 1 atom stereocenters. The zero-order valence-electron chi connectivity index (χ0n) is 9.95. The molecule has 0 saturated heterocycles. The van der Waals surface area contributed by atoms with Crippen LogP contribution in [0.3, 0.4) is 0 Å². The quantitative estimate of drug-likeness (QED) is 0.733. The first kappa shape index (κ1) is 16.3. The minimum Gasteiger partial charge on any atom is -0.480 e. The molecule has 3 N–H and O–H groups in total. The molecule has 106 valence electrons. The van der Waals surface area contributed by atoms with E-state index in [-0.39, 0.29) is 16.4 Å². The molecule has 0 aliphatic rings. The lowest BCUT2D eigenvalue weighted by Crippen LogP contribution is -2.32. The van der Waals surface area contributed by atoms with Crippen LogP contribution in [0.15, 0.2) is 29.2 Å². The molecule has 5 nitrogen and oxygen atoms in total. The molecule has 1 rings (SSSR count). The summed E-state index contributed by atoms with van der Waals surface area (Å²) in [6.07, 6.45) is 0. The number of aliphatic carboxylic acids is 1. The highest BCUT2D eigenvalue weighted by molar-refractivity contribution is 8.00. The van der Waals surface area contributed by atoms with E-state index in [4.69, 9.17) is 22.4 Å². The van der Waals surface area contributed by atoms with Gasteiger partial charge in [0, 0.05) is 16.5 Å². The van der Waals surface area contributed by atoms with E-state index in [1.807, 2.05) is 0 Å². The summed E-state index contributed by atoms with van der Waals surface area (Å²) in [6, 6.07) is 4.96. The number of carboxylic acid groups (broad SMARTS) is 1. The smallest absolute Gasteiger partial charge is 0.321 e. The summed E-state index contributed by atoms with van der Waals surface area (Å²) in [6.45, 7) is 0. The maximum atomic E-state index is 11.9. The summed E-state index contributed by atoms with van der Waals surface area (Å²) in [4.78, 5) is 10.7. The van der Waals surface area contributed by atoms with Crippen LogP contribution >= 0.6 is 23.4 Å². The Bertz CT molecular complexity index is 530. The molecule has 0 aliphatic heterocycles. The highest BCUT2D eigenvalue weighted by Gasteiger charge is 2.15. The monoisotopic (exact) mass is 323 g/mol. The van der Waals surface area contributed by atoms with Gasteiger partial charge in [-0.25, -0.2) is 8.42 Å². The molecule has 0 unspecified atom stereocenters. The summed E-state index contributed by atoms with van der Waals surface area (Å²) in [7, 11) is -3.36. The first-order valence-electron chi connectivity index (χ1n) is 5.37. The predicted octanol–water partition coefficient (Wildman–Crippen LogP) is 1.26. The van der Waals surface area contributed by atoms with Crippen molar-refractivity contribution in [1.29, 1.82) is 0 Å². The second-order valence-corrected chi connectivity index (χ2v) is 7.49. The molecule has 0 aliphatic carbocycles. The zero-order chi connectivity index (χ0) is 14.5. The fourth-order valence-corrected chi connectivity index (χ4v) is 4.03. The lowest BCUT2D eigenvalue weighted by atomic mass is 10.4. The number of hydrogen-bond acceptors (Lipinski definition) is 5. The maximum Gasteiger partial charge on any atom is 0.321 e. The third kappa shape index (κ3) is 5.40. The summed E-state index contributed by atoms with van der Waals surface area (Å²) in [5.41, 5.74) is 5.31. The van der Waals surface area contributed by atoms with Gasteiger partial charge < -0.3 is 10.8 Å². The Morgan fingerprint density at radius 3 is 2.47 bits per heavy atom. The van der Waals surface area contributed by atoms with E-state index in [1.165, 1.54) is 36.0 Å². The van der Waals surface area contributed by atoms with E-state index in [1.54, 1.807) is 0 Å². The molecule has 0 heterocycles. The first-order chi connectivity index (χ1) is 8.83. The SMILES string of the molecule is N[C@@H](CSCCS(=O)(=O)c1ccc(Cl)cc1)C(=O)O. The second-order valence-electron chi connectivity index (χ2n) is 3.79. The molecular formula is C11H14ClNO4S2. The van der Waals surface area contributed by atoms with Crippen molar-refractivity contribution in [2.75, 3.05) is 17.3 Å².